The van der Waals surface area contributed by atoms with Crippen LogP contribution >= 0.6 is 11.6 Å². The predicted octanol–water partition coefficient (Wildman–Crippen LogP) is 4.10. The summed E-state index contributed by atoms with van der Waals surface area (Å²) >= 11 is 6.13. The number of fused-ring (bicyclic) bond motifs is 1. The maximum atomic E-state index is 14.2. The Morgan fingerprint density at radius 1 is 1.20 bits per heavy atom. The molecule has 0 radical (unpaired) electrons. The molecule has 3 fully saturated rings. The van der Waals surface area contributed by atoms with Crippen LogP contribution in [0.4, 0.5) is 5.69 Å². The molecule has 4 aliphatic rings. The zero-order chi connectivity index (χ0) is 28.6. The Morgan fingerprint density at radius 2 is 2.00 bits per heavy atom. The van der Waals surface area contributed by atoms with Gasteiger partial charge in [-0.15, -0.1) is 0 Å². The fraction of sp³-hybridized carbons (Fsp3) is 0.645. The van der Waals surface area contributed by atoms with Gasteiger partial charge in [-0.05, 0) is 56.5 Å². The third kappa shape index (κ3) is 5.30. The van der Waals surface area contributed by atoms with Crippen LogP contribution in [0.25, 0.3) is 0 Å². The largest absolute Gasteiger partial charge is 0.359 e. The fourth-order valence-corrected chi connectivity index (χ4v) is 7.36. The van der Waals surface area contributed by atoms with E-state index in [1.807, 2.05) is 19.2 Å². The molecular weight excluding hydrogens is 528 g/mol. The molecule has 2 N–H and O–H groups in total. The van der Waals surface area contributed by atoms with Gasteiger partial charge >= 0.3 is 0 Å². The monoisotopic (exact) mass is 570 g/mol. The number of hydrogen-bond donors (Lipinski definition) is 2. The molecule has 8 atom stereocenters. The quantitative estimate of drug-likeness (QED) is 0.413. The lowest BCUT2D eigenvalue weighted by atomic mass is 9.73. The summed E-state index contributed by atoms with van der Waals surface area (Å²) in [5.74, 6) is -1.29. The molecule has 1 spiro atoms. The Labute approximate surface area is 242 Å². The second-order valence-corrected chi connectivity index (χ2v) is 12.7. The lowest BCUT2D eigenvalue weighted by Gasteiger charge is -2.38. The van der Waals surface area contributed by atoms with Gasteiger partial charge in [0.15, 0.2) is 0 Å². The minimum Gasteiger partial charge on any atom is -0.359 e. The van der Waals surface area contributed by atoms with Gasteiger partial charge in [-0.2, -0.15) is 0 Å². The van der Waals surface area contributed by atoms with E-state index in [1.54, 1.807) is 29.2 Å². The van der Waals surface area contributed by atoms with Gasteiger partial charge in [0.25, 0.3) is 0 Å². The molecule has 3 heterocycles. The van der Waals surface area contributed by atoms with Crippen LogP contribution in [-0.2, 0) is 19.1 Å². The molecule has 9 heteroatoms. The summed E-state index contributed by atoms with van der Waals surface area (Å²) in [6, 6.07) is 6.18. The topological polar surface area (TPSA) is 91.0 Å². The molecule has 2 bridgehead atoms. The molecule has 2 saturated heterocycles. The molecule has 3 aliphatic heterocycles. The number of halogens is 1. The minimum absolute atomic E-state index is 0.0559. The van der Waals surface area contributed by atoms with E-state index in [1.165, 1.54) is 0 Å². The first-order chi connectivity index (χ1) is 19.2. The van der Waals surface area contributed by atoms with Crippen LogP contribution in [0, 0.1) is 23.7 Å². The smallest absolute Gasteiger partial charge is 0.246 e. The summed E-state index contributed by atoms with van der Waals surface area (Å²) in [6.07, 6.45) is 8.49. The van der Waals surface area contributed by atoms with Gasteiger partial charge in [0.05, 0.1) is 17.9 Å². The standard InChI is InChI=1S/C31H43ClN4O4/c1-5-6-15-35(4)16-17-36-27(29(38)34-23-12-7-9-19(2)20(23)3)31-14-13-24(40-31)25(26(31)30(36)39)28(37)33-22-11-8-10-21(32)18-22/h8,10-11,13-14,18-20,23-27H,5-7,9,12,15-17H2,1-4H3,(H,33,37)(H,34,38)/t19?,20?,23?,24-,25?,26-,27?,31?/m0/s1. The van der Waals surface area contributed by atoms with Crippen molar-refractivity contribution in [2.75, 3.05) is 32.0 Å². The first-order valence-electron chi connectivity index (χ1n) is 14.9. The number of amides is 3. The van der Waals surface area contributed by atoms with Crippen molar-refractivity contribution in [1.82, 2.24) is 15.1 Å². The number of anilines is 1. The molecule has 1 aromatic carbocycles. The third-order valence-corrected chi connectivity index (χ3v) is 9.90. The molecule has 218 valence electrons. The molecule has 5 rings (SSSR count). The van der Waals surface area contributed by atoms with Crippen LogP contribution in [0.15, 0.2) is 36.4 Å². The fourth-order valence-electron chi connectivity index (χ4n) is 7.17. The molecule has 40 heavy (non-hydrogen) atoms. The maximum absolute atomic E-state index is 14.2. The Kier molecular flexibility index (Phi) is 8.60. The van der Waals surface area contributed by atoms with Crippen molar-refractivity contribution in [1.29, 1.82) is 0 Å². The second kappa shape index (κ2) is 11.8. The highest BCUT2D eigenvalue weighted by atomic mass is 35.5. The average molecular weight is 571 g/mol. The number of likely N-dealkylation sites (N-methyl/N-ethyl adjacent to an activating group) is 1. The number of rotatable bonds is 10. The molecule has 1 aromatic rings. The van der Waals surface area contributed by atoms with E-state index in [0.717, 1.165) is 38.6 Å². The highest BCUT2D eigenvalue weighted by Crippen LogP contribution is 2.55. The Morgan fingerprint density at radius 3 is 2.75 bits per heavy atom. The van der Waals surface area contributed by atoms with E-state index >= 15 is 0 Å². The number of benzene rings is 1. The number of ether oxygens (including phenoxy) is 1. The number of unbranched alkanes of at least 4 members (excludes halogenated alkanes) is 1. The normalized spacial score (nSPS) is 34.4. The summed E-state index contributed by atoms with van der Waals surface area (Å²) in [5, 5.41) is 6.76. The number of hydrogen-bond acceptors (Lipinski definition) is 5. The first kappa shape index (κ1) is 29.1. The third-order valence-electron chi connectivity index (χ3n) is 9.67. The summed E-state index contributed by atoms with van der Waals surface area (Å²) in [5.41, 5.74) is -0.596. The summed E-state index contributed by atoms with van der Waals surface area (Å²) in [4.78, 5) is 45.8. The van der Waals surface area contributed by atoms with Crippen molar-refractivity contribution in [2.24, 2.45) is 23.7 Å². The van der Waals surface area contributed by atoms with Gasteiger partial charge in [-0.25, -0.2) is 0 Å². The molecule has 1 aliphatic carbocycles. The van der Waals surface area contributed by atoms with Gasteiger partial charge in [-0.1, -0.05) is 69.9 Å². The lowest BCUT2D eigenvalue weighted by Crippen LogP contribution is -2.58. The van der Waals surface area contributed by atoms with E-state index in [-0.39, 0.29) is 23.8 Å². The van der Waals surface area contributed by atoms with Crippen LogP contribution in [0.5, 0.6) is 0 Å². The zero-order valence-electron chi connectivity index (χ0n) is 24.1. The van der Waals surface area contributed by atoms with E-state index in [9.17, 15) is 14.4 Å². The molecule has 0 aromatic heterocycles. The van der Waals surface area contributed by atoms with E-state index in [4.69, 9.17) is 16.3 Å². The SMILES string of the molecule is CCCCN(C)CCN1C(=O)[C@@H]2C(C(=O)Nc3cccc(Cl)c3)[C@@H]3C=CC2(O3)C1C(=O)NC1CCCC(C)C1C. The predicted molar refractivity (Wildman–Crippen MR) is 156 cm³/mol. The van der Waals surface area contributed by atoms with E-state index < -0.39 is 29.6 Å². The Hall–Kier alpha value is -2.42. The highest BCUT2D eigenvalue weighted by molar-refractivity contribution is 6.30. The van der Waals surface area contributed by atoms with E-state index in [0.29, 0.717) is 35.6 Å². The van der Waals surface area contributed by atoms with Crippen molar-refractivity contribution in [2.45, 2.75) is 76.7 Å². The van der Waals surface area contributed by atoms with Gasteiger partial charge in [-0.3, -0.25) is 14.4 Å². The molecule has 1 saturated carbocycles. The van der Waals surface area contributed by atoms with Crippen molar-refractivity contribution in [3.63, 3.8) is 0 Å². The summed E-state index contributed by atoms with van der Waals surface area (Å²) in [6.45, 7) is 8.55. The molecule has 6 unspecified atom stereocenters. The van der Waals surface area contributed by atoms with Gasteiger partial charge in [0, 0.05) is 29.8 Å². The van der Waals surface area contributed by atoms with Gasteiger partial charge < -0.3 is 25.2 Å². The number of likely N-dealkylation sites (tertiary alicyclic amines) is 1. The Balaban J connectivity index is 1.41. The number of nitrogens with zero attached hydrogens (tertiary/aromatic N) is 2. The summed E-state index contributed by atoms with van der Waals surface area (Å²) in [7, 11) is 2.04. The molecule has 8 nitrogen and oxygen atoms in total. The zero-order valence-corrected chi connectivity index (χ0v) is 24.8. The van der Waals surface area contributed by atoms with Gasteiger partial charge in [0.2, 0.25) is 17.7 Å². The number of nitrogens with one attached hydrogen (secondary N) is 2. The van der Waals surface area contributed by atoms with Crippen LogP contribution in [0.1, 0.15) is 52.9 Å². The van der Waals surface area contributed by atoms with Crippen molar-refractivity contribution < 1.29 is 19.1 Å². The van der Waals surface area contributed by atoms with Crippen molar-refractivity contribution in [3.05, 3.63) is 41.4 Å². The van der Waals surface area contributed by atoms with Gasteiger partial charge in [0.1, 0.15) is 11.6 Å². The Bertz CT molecular complexity index is 1160. The maximum Gasteiger partial charge on any atom is 0.246 e. The minimum atomic E-state index is -1.16. The van der Waals surface area contributed by atoms with Crippen molar-refractivity contribution in [3.8, 4) is 0 Å². The summed E-state index contributed by atoms with van der Waals surface area (Å²) < 4.78 is 6.49. The van der Waals surface area contributed by atoms with Crippen molar-refractivity contribution >= 4 is 35.0 Å². The average Bonchev–Trinajstić information content (AvgIpc) is 3.56. The van der Waals surface area contributed by atoms with Crippen LogP contribution < -0.4 is 10.6 Å². The number of carbonyl (C=O) groups is 3. The second-order valence-electron chi connectivity index (χ2n) is 12.3. The molecule has 3 amide bonds. The van der Waals surface area contributed by atoms with Crippen LogP contribution in [0.2, 0.25) is 5.02 Å². The number of carbonyl (C=O) groups excluding carboxylic acids is 3. The van der Waals surface area contributed by atoms with Crippen LogP contribution in [-0.4, -0.2) is 78.0 Å². The van der Waals surface area contributed by atoms with E-state index in [2.05, 4.69) is 36.3 Å². The first-order valence-corrected chi connectivity index (χ1v) is 15.3. The highest BCUT2D eigenvalue weighted by Gasteiger charge is 2.72. The lowest BCUT2D eigenvalue weighted by molar-refractivity contribution is -0.141. The van der Waals surface area contributed by atoms with Crippen LogP contribution in [0.3, 0.4) is 0 Å². The molecular formula is C31H43ClN4O4.